The molecule has 0 unspecified atom stereocenters. The van der Waals surface area contributed by atoms with Crippen LogP contribution in [-0.4, -0.2) is 22.6 Å². The summed E-state index contributed by atoms with van der Waals surface area (Å²) in [5.74, 6) is -0.753. The third-order valence-corrected chi connectivity index (χ3v) is 5.71. The van der Waals surface area contributed by atoms with Crippen molar-refractivity contribution in [3.8, 4) is 11.1 Å². The lowest BCUT2D eigenvalue weighted by Crippen LogP contribution is -2.20. The summed E-state index contributed by atoms with van der Waals surface area (Å²) in [5, 5.41) is 0.596. The maximum atomic E-state index is 12.6. The summed E-state index contributed by atoms with van der Waals surface area (Å²) >= 11 is 7.14. The van der Waals surface area contributed by atoms with Crippen molar-refractivity contribution in [3.05, 3.63) is 90.8 Å². The summed E-state index contributed by atoms with van der Waals surface area (Å²) in [5.41, 5.74) is 2.23. The van der Waals surface area contributed by atoms with Crippen LogP contribution in [0.3, 0.4) is 0 Å². The van der Waals surface area contributed by atoms with Gasteiger partial charge in [0.05, 0.1) is 7.11 Å². The predicted octanol–water partition coefficient (Wildman–Crippen LogP) is 3.91. The number of pyridine rings is 1. The van der Waals surface area contributed by atoms with Gasteiger partial charge < -0.3 is 14.3 Å². The first kappa shape index (κ1) is 19.2. The summed E-state index contributed by atoms with van der Waals surface area (Å²) < 4.78 is 6.44. The number of nitrogens with one attached hydrogen (secondary N) is 1. The van der Waals surface area contributed by atoms with Gasteiger partial charge in [-0.05, 0) is 28.8 Å². The summed E-state index contributed by atoms with van der Waals surface area (Å²) in [6.45, 7) is 0.329. The molecule has 0 radical (unpaired) electrons. The molecule has 0 fully saturated rings. The number of carbonyl (C=O) groups is 1. The molecule has 2 heterocycles. The van der Waals surface area contributed by atoms with E-state index in [4.69, 9.17) is 16.3 Å². The van der Waals surface area contributed by atoms with Crippen molar-refractivity contribution in [3.63, 3.8) is 0 Å². The summed E-state index contributed by atoms with van der Waals surface area (Å²) in [7, 11) is 1.21. The Balaban J connectivity index is 1.92. The molecule has 1 N–H and O–H groups in total. The second kappa shape index (κ2) is 7.69. The number of H-pyrrole nitrogens is 1. The highest BCUT2D eigenvalue weighted by Gasteiger charge is 2.19. The number of ether oxygens (including phenoxy) is 1. The second-order valence-corrected chi connectivity index (χ2v) is 7.75. The van der Waals surface area contributed by atoms with Crippen LogP contribution in [0.1, 0.15) is 15.9 Å². The number of rotatable bonds is 4. The zero-order valence-electron chi connectivity index (χ0n) is 15.3. The maximum absolute atomic E-state index is 12.6. The zero-order valence-corrected chi connectivity index (χ0v) is 16.8. The molecule has 0 spiro atoms. The van der Waals surface area contributed by atoms with Crippen molar-refractivity contribution in [2.24, 2.45) is 0 Å². The molecule has 0 aliphatic heterocycles. The molecule has 8 heteroatoms. The number of thiazole rings is 1. The van der Waals surface area contributed by atoms with Crippen LogP contribution in [-0.2, 0) is 11.3 Å². The van der Waals surface area contributed by atoms with Gasteiger partial charge in [-0.25, -0.2) is 4.79 Å². The van der Waals surface area contributed by atoms with Gasteiger partial charge in [0.2, 0.25) is 5.43 Å². The quantitative estimate of drug-likeness (QED) is 0.502. The zero-order chi connectivity index (χ0) is 20.5. The first-order valence-electron chi connectivity index (χ1n) is 8.66. The number of carbonyl (C=O) groups excluding carboxylic acids is 1. The Morgan fingerprint density at radius 1 is 1.17 bits per heavy atom. The Bertz CT molecular complexity index is 1340. The first-order valence-corrected chi connectivity index (χ1v) is 9.86. The molecule has 2 aromatic heterocycles. The van der Waals surface area contributed by atoms with Gasteiger partial charge in [-0.15, -0.1) is 0 Å². The standard InChI is InChI=1S/C21H15ClN2O4S/c1-28-20(26)16-11-24(19-17(18(16)25)23-21(27)29-19)10-13-7-8-14(22)9-15(13)12-5-3-2-4-6-12/h2-9,11H,10H2,1H3,(H,23,27). The number of halogens is 1. The normalized spacial score (nSPS) is 11.0. The Hall–Kier alpha value is -3.16. The average molecular weight is 427 g/mol. The van der Waals surface area contributed by atoms with Gasteiger partial charge in [0.25, 0.3) is 0 Å². The van der Waals surface area contributed by atoms with Crippen molar-refractivity contribution in [1.29, 1.82) is 0 Å². The highest BCUT2D eigenvalue weighted by molar-refractivity contribution is 7.16. The van der Waals surface area contributed by atoms with Crippen LogP contribution < -0.4 is 10.3 Å². The Morgan fingerprint density at radius 2 is 1.93 bits per heavy atom. The lowest BCUT2D eigenvalue weighted by Gasteiger charge is -2.14. The minimum atomic E-state index is -0.753. The van der Waals surface area contributed by atoms with Gasteiger partial charge >= 0.3 is 10.8 Å². The van der Waals surface area contributed by atoms with Gasteiger partial charge in [0.1, 0.15) is 15.9 Å². The summed E-state index contributed by atoms with van der Waals surface area (Å²) in [6.07, 6.45) is 1.43. The van der Waals surface area contributed by atoms with Crippen molar-refractivity contribution in [2.75, 3.05) is 7.11 Å². The Morgan fingerprint density at radius 3 is 2.66 bits per heavy atom. The first-order chi connectivity index (χ1) is 14.0. The van der Waals surface area contributed by atoms with Crippen LogP contribution >= 0.6 is 22.9 Å². The molecule has 4 aromatic rings. The number of methoxy groups -OCH3 is 1. The monoisotopic (exact) mass is 426 g/mol. The number of aromatic amines is 1. The van der Waals surface area contributed by atoms with E-state index in [1.54, 1.807) is 10.6 Å². The van der Waals surface area contributed by atoms with Gasteiger partial charge in [-0.3, -0.25) is 9.59 Å². The van der Waals surface area contributed by atoms with Gasteiger partial charge in [-0.2, -0.15) is 0 Å². The van der Waals surface area contributed by atoms with E-state index in [-0.39, 0.29) is 16.0 Å². The van der Waals surface area contributed by atoms with Gasteiger partial charge in [0, 0.05) is 17.8 Å². The molecule has 146 valence electrons. The molecule has 2 aromatic carbocycles. The molecule has 0 amide bonds. The Labute approximate surface area is 174 Å². The minimum absolute atomic E-state index is 0.0955. The number of nitrogens with zero attached hydrogens (tertiary/aromatic N) is 1. The van der Waals surface area contributed by atoms with Gasteiger partial charge in [-0.1, -0.05) is 59.3 Å². The van der Waals surface area contributed by atoms with Crippen LogP contribution in [0, 0.1) is 0 Å². The van der Waals surface area contributed by atoms with Crippen molar-refractivity contribution < 1.29 is 9.53 Å². The molecule has 4 rings (SSSR count). The third-order valence-electron chi connectivity index (χ3n) is 4.55. The summed E-state index contributed by atoms with van der Waals surface area (Å²) in [4.78, 5) is 39.2. The highest BCUT2D eigenvalue weighted by atomic mass is 35.5. The number of hydrogen-bond acceptors (Lipinski definition) is 5. The molecule has 0 saturated carbocycles. The molecule has 0 atom stereocenters. The van der Waals surface area contributed by atoms with E-state index in [9.17, 15) is 14.4 Å². The van der Waals surface area contributed by atoms with Crippen LogP contribution in [0.4, 0.5) is 0 Å². The molecule has 0 aliphatic rings. The van der Waals surface area contributed by atoms with E-state index in [0.29, 0.717) is 16.4 Å². The fourth-order valence-electron chi connectivity index (χ4n) is 3.21. The minimum Gasteiger partial charge on any atom is -0.465 e. The molecular formula is C21H15ClN2O4S. The van der Waals surface area contributed by atoms with Crippen molar-refractivity contribution in [2.45, 2.75) is 6.54 Å². The van der Waals surface area contributed by atoms with Crippen LogP contribution in [0.15, 0.2) is 64.3 Å². The molecule has 0 bridgehead atoms. The van der Waals surface area contributed by atoms with E-state index in [2.05, 4.69) is 4.98 Å². The summed E-state index contributed by atoms with van der Waals surface area (Å²) in [6, 6.07) is 15.3. The van der Waals surface area contributed by atoms with Gasteiger partial charge in [0.15, 0.2) is 0 Å². The van der Waals surface area contributed by atoms with E-state index in [0.717, 1.165) is 28.0 Å². The smallest absolute Gasteiger partial charge is 0.343 e. The third kappa shape index (κ3) is 3.62. The number of benzene rings is 2. The lowest BCUT2D eigenvalue weighted by atomic mass is 9.99. The van der Waals surface area contributed by atoms with Crippen molar-refractivity contribution >= 4 is 39.3 Å². The van der Waals surface area contributed by atoms with E-state index in [1.807, 2.05) is 42.5 Å². The number of aromatic nitrogens is 2. The van der Waals surface area contributed by atoms with E-state index < -0.39 is 11.4 Å². The van der Waals surface area contributed by atoms with E-state index >= 15 is 0 Å². The largest absolute Gasteiger partial charge is 0.465 e. The Kier molecular flexibility index (Phi) is 5.08. The fourth-order valence-corrected chi connectivity index (χ4v) is 4.19. The maximum Gasteiger partial charge on any atom is 0.343 e. The molecular weight excluding hydrogens is 412 g/mol. The second-order valence-electron chi connectivity index (χ2n) is 6.35. The van der Waals surface area contributed by atoms with Crippen LogP contribution in [0.2, 0.25) is 5.02 Å². The fraction of sp³-hybridized carbons (Fsp3) is 0.0952. The number of esters is 1. The van der Waals surface area contributed by atoms with Crippen LogP contribution in [0.5, 0.6) is 0 Å². The molecule has 6 nitrogen and oxygen atoms in total. The molecule has 0 saturated heterocycles. The van der Waals surface area contributed by atoms with Crippen molar-refractivity contribution in [1.82, 2.24) is 9.55 Å². The lowest BCUT2D eigenvalue weighted by molar-refractivity contribution is 0.0598. The highest BCUT2D eigenvalue weighted by Crippen LogP contribution is 2.28. The number of fused-ring (bicyclic) bond motifs is 1. The van der Waals surface area contributed by atoms with Crippen LogP contribution in [0.25, 0.3) is 21.5 Å². The SMILES string of the molecule is COC(=O)c1cn(Cc2ccc(Cl)cc2-c2ccccc2)c2sc(=O)[nH]c2c1=O. The molecule has 0 aliphatic carbocycles. The van der Waals surface area contributed by atoms with E-state index in [1.165, 1.54) is 13.3 Å². The predicted molar refractivity (Wildman–Crippen MR) is 114 cm³/mol. The molecule has 29 heavy (non-hydrogen) atoms. The topological polar surface area (TPSA) is 81.2 Å². The number of hydrogen-bond donors (Lipinski definition) is 1. The average Bonchev–Trinajstić information content (AvgIpc) is 3.13.